The van der Waals surface area contributed by atoms with Gasteiger partial charge in [-0.15, -0.1) is 0 Å². The van der Waals surface area contributed by atoms with Crippen LogP contribution in [-0.4, -0.2) is 84.2 Å². The molecule has 0 aromatic heterocycles. The summed E-state index contributed by atoms with van der Waals surface area (Å²) in [4.78, 5) is 4.56. The Morgan fingerprint density at radius 1 is 0.839 bits per heavy atom. The predicted molar refractivity (Wildman–Crippen MR) is 123 cm³/mol. The van der Waals surface area contributed by atoms with Gasteiger partial charge in [0.15, 0.2) is 0 Å². The van der Waals surface area contributed by atoms with E-state index in [4.69, 9.17) is 9.47 Å². The summed E-state index contributed by atoms with van der Waals surface area (Å²) in [6.45, 7) is 10.5. The SMILES string of the molecule is Cc1ccccc1OC[C@H](O)CN1CCN(C[C@@H](O)COc2ccccc2C)[C@@H](C)C1. The van der Waals surface area contributed by atoms with Crippen molar-refractivity contribution in [2.45, 2.75) is 39.0 Å². The first-order valence-electron chi connectivity index (χ1n) is 11.1. The Morgan fingerprint density at radius 2 is 1.35 bits per heavy atom. The van der Waals surface area contributed by atoms with Crippen LogP contribution in [0.2, 0.25) is 0 Å². The maximum absolute atomic E-state index is 10.4. The number of aliphatic hydroxyl groups excluding tert-OH is 2. The second-order valence-electron chi connectivity index (χ2n) is 8.56. The Hall–Kier alpha value is -2.12. The molecule has 0 bridgehead atoms. The van der Waals surface area contributed by atoms with E-state index in [9.17, 15) is 10.2 Å². The molecule has 6 nitrogen and oxygen atoms in total. The number of ether oxygens (including phenoxy) is 2. The predicted octanol–water partition coefficient (Wildman–Crippen LogP) is 2.49. The molecular formula is C25H36N2O4. The van der Waals surface area contributed by atoms with Crippen LogP contribution in [0.15, 0.2) is 48.5 Å². The van der Waals surface area contributed by atoms with Gasteiger partial charge in [0.2, 0.25) is 0 Å². The molecule has 1 fully saturated rings. The van der Waals surface area contributed by atoms with Gasteiger partial charge in [0.25, 0.3) is 0 Å². The number of piperazine rings is 1. The Bertz CT molecular complexity index is 816. The van der Waals surface area contributed by atoms with E-state index in [1.807, 2.05) is 62.4 Å². The van der Waals surface area contributed by atoms with E-state index in [0.29, 0.717) is 19.1 Å². The smallest absolute Gasteiger partial charge is 0.122 e. The van der Waals surface area contributed by atoms with Crippen LogP contribution in [0.1, 0.15) is 18.1 Å². The average Bonchev–Trinajstić information content (AvgIpc) is 2.74. The van der Waals surface area contributed by atoms with Gasteiger partial charge in [-0.25, -0.2) is 0 Å². The minimum absolute atomic E-state index is 0.284. The fourth-order valence-electron chi connectivity index (χ4n) is 3.99. The van der Waals surface area contributed by atoms with Gasteiger partial charge in [0, 0.05) is 38.8 Å². The topological polar surface area (TPSA) is 65.4 Å². The van der Waals surface area contributed by atoms with Crippen molar-refractivity contribution in [3.8, 4) is 11.5 Å². The zero-order chi connectivity index (χ0) is 22.2. The molecule has 6 heteroatoms. The van der Waals surface area contributed by atoms with E-state index < -0.39 is 12.2 Å². The van der Waals surface area contributed by atoms with Crippen LogP contribution in [0.5, 0.6) is 11.5 Å². The Balaban J connectivity index is 1.37. The Kier molecular flexibility index (Phi) is 8.72. The number of aliphatic hydroxyl groups is 2. The van der Waals surface area contributed by atoms with Crippen molar-refractivity contribution in [2.75, 3.05) is 45.9 Å². The summed E-state index contributed by atoms with van der Waals surface area (Å²) in [5, 5.41) is 20.9. The highest BCUT2D eigenvalue weighted by Crippen LogP contribution is 2.18. The lowest BCUT2D eigenvalue weighted by atomic mass is 10.1. The van der Waals surface area contributed by atoms with E-state index in [1.54, 1.807) is 0 Å². The fourth-order valence-corrected chi connectivity index (χ4v) is 3.99. The van der Waals surface area contributed by atoms with Gasteiger partial charge in [0.05, 0.1) is 0 Å². The van der Waals surface area contributed by atoms with Crippen LogP contribution in [0, 0.1) is 13.8 Å². The van der Waals surface area contributed by atoms with Crippen LogP contribution in [0.3, 0.4) is 0 Å². The molecule has 0 unspecified atom stereocenters. The molecule has 1 saturated heterocycles. The number of nitrogens with zero attached hydrogens (tertiary/aromatic N) is 2. The van der Waals surface area contributed by atoms with Gasteiger partial charge in [-0.3, -0.25) is 9.80 Å². The zero-order valence-electron chi connectivity index (χ0n) is 18.9. The third-order valence-corrected chi connectivity index (χ3v) is 5.81. The minimum atomic E-state index is -0.540. The van der Waals surface area contributed by atoms with Gasteiger partial charge >= 0.3 is 0 Å². The molecular weight excluding hydrogens is 392 g/mol. The quantitative estimate of drug-likeness (QED) is 0.606. The molecule has 0 spiro atoms. The molecule has 1 aliphatic rings. The minimum Gasteiger partial charge on any atom is -0.491 e. The van der Waals surface area contributed by atoms with Gasteiger partial charge in [0.1, 0.15) is 36.9 Å². The van der Waals surface area contributed by atoms with E-state index >= 15 is 0 Å². The zero-order valence-corrected chi connectivity index (χ0v) is 18.9. The summed E-state index contributed by atoms with van der Waals surface area (Å²) in [7, 11) is 0. The van der Waals surface area contributed by atoms with Gasteiger partial charge in [-0.2, -0.15) is 0 Å². The lowest BCUT2D eigenvalue weighted by Crippen LogP contribution is -2.55. The third-order valence-electron chi connectivity index (χ3n) is 5.81. The molecule has 2 aromatic carbocycles. The van der Waals surface area contributed by atoms with Gasteiger partial charge in [-0.05, 0) is 44.0 Å². The second-order valence-corrected chi connectivity index (χ2v) is 8.56. The van der Waals surface area contributed by atoms with Crippen molar-refractivity contribution in [1.82, 2.24) is 9.80 Å². The molecule has 1 heterocycles. The van der Waals surface area contributed by atoms with Crippen LogP contribution in [-0.2, 0) is 0 Å². The lowest BCUT2D eigenvalue weighted by molar-refractivity contribution is 0.00235. The Labute approximate surface area is 186 Å². The Morgan fingerprint density at radius 3 is 1.87 bits per heavy atom. The molecule has 3 rings (SSSR count). The maximum Gasteiger partial charge on any atom is 0.122 e. The number of hydrogen-bond acceptors (Lipinski definition) is 6. The second kappa shape index (κ2) is 11.5. The monoisotopic (exact) mass is 428 g/mol. The van der Waals surface area contributed by atoms with Crippen molar-refractivity contribution in [2.24, 2.45) is 0 Å². The standard InChI is InChI=1S/C25H36N2O4/c1-19-8-4-6-10-24(19)30-17-22(28)15-26-12-13-27(21(3)14-26)16-23(29)18-31-25-11-7-5-9-20(25)2/h4-11,21-23,28-29H,12-18H2,1-3H3/t21-,22+,23+/m0/s1. The van der Waals surface area contributed by atoms with Crippen LogP contribution in [0.25, 0.3) is 0 Å². The van der Waals surface area contributed by atoms with Gasteiger partial charge in [-0.1, -0.05) is 36.4 Å². The van der Waals surface area contributed by atoms with Crippen molar-refractivity contribution < 1.29 is 19.7 Å². The molecule has 3 atom stereocenters. The van der Waals surface area contributed by atoms with Crippen molar-refractivity contribution in [3.63, 3.8) is 0 Å². The van der Waals surface area contributed by atoms with Crippen LogP contribution < -0.4 is 9.47 Å². The summed E-state index contributed by atoms with van der Waals surface area (Å²) in [6, 6.07) is 16.0. The van der Waals surface area contributed by atoms with E-state index in [0.717, 1.165) is 42.3 Å². The van der Waals surface area contributed by atoms with Crippen molar-refractivity contribution in [1.29, 1.82) is 0 Å². The highest BCUT2D eigenvalue weighted by Gasteiger charge is 2.26. The number of para-hydroxylation sites is 2. The summed E-state index contributed by atoms with van der Waals surface area (Å²) < 4.78 is 11.6. The highest BCUT2D eigenvalue weighted by atomic mass is 16.5. The van der Waals surface area contributed by atoms with E-state index in [2.05, 4.69) is 16.7 Å². The molecule has 0 saturated carbocycles. The normalized spacial score (nSPS) is 19.7. The molecule has 2 aromatic rings. The summed E-state index contributed by atoms with van der Waals surface area (Å²) in [6.07, 6.45) is -1.08. The molecule has 0 radical (unpaired) electrons. The number of hydrogen-bond donors (Lipinski definition) is 2. The number of aryl methyl sites for hydroxylation is 2. The molecule has 1 aliphatic heterocycles. The molecule has 2 N–H and O–H groups in total. The van der Waals surface area contributed by atoms with Gasteiger partial charge < -0.3 is 19.7 Å². The number of rotatable bonds is 10. The first kappa shape index (κ1) is 23.5. The summed E-state index contributed by atoms with van der Waals surface area (Å²) in [5.41, 5.74) is 2.14. The molecule has 0 amide bonds. The maximum atomic E-state index is 10.4. The van der Waals surface area contributed by atoms with Crippen LogP contribution >= 0.6 is 0 Å². The van der Waals surface area contributed by atoms with Crippen LogP contribution in [0.4, 0.5) is 0 Å². The van der Waals surface area contributed by atoms with Crippen molar-refractivity contribution >= 4 is 0 Å². The molecule has 170 valence electrons. The summed E-state index contributed by atoms with van der Waals surface area (Å²) >= 11 is 0. The van der Waals surface area contributed by atoms with E-state index in [1.165, 1.54) is 0 Å². The number of benzene rings is 2. The fraction of sp³-hybridized carbons (Fsp3) is 0.520. The first-order valence-corrected chi connectivity index (χ1v) is 11.1. The number of β-amino-alcohol motifs (C(OH)–C–C–N with tert-alkyl or cyclic N) is 2. The molecule has 31 heavy (non-hydrogen) atoms. The average molecular weight is 429 g/mol. The lowest BCUT2D eigenvalue weighted by Gasteiger charge is -2.41. The van der Waals surface area contributed by atoms with E-state index in [-0.39, 0.29) is 13.2 Å². The first-order chi connectivity index (χ1) is 14.9. The highest BCUT2D eigenvalue weighted by molar-refractivity contribution is 5.32. The molecule has 0 aliphatic carbocycles. The summed E-state index contributed by atoms with van der Waals surface area (Å²) in [5.74, 6) is 1.64. The largest absolute Gasteiger partial charge is 0.491 e. The van der Waals surface area contributed by atoms with Crippen molar-refractivity contribution in [3.05, 3.63) is 59.7 Å². The third kappa shape index (κ3) is 7.21.